The molecule has 100 valence electrons. The first-order valence-corrected chi connectivity index (χ1v) is 7.81. The third kappa shape index (κ3) is 2.65. The number of hydrogen-bond donors (Lipinski definition) is 2. The molecule has 6 nitrogen and oxygen atoms in total. The maximum Gasteiger partial charge on any atom is 0.349 e. The summed E-state index contributed by atoms with van der Waals surface area (Å²) in [4.78, 5) is 11.7. The predicted molar refractivity (Wildman–Crippen MR) is 65.1 cm³/mol. The van der Waals surface area contributed by atoms with E-state index >= 15 is 0 Å². The molecule has 0 radical (unpaired) electrons. The van der Waals surface area contributed by atoms with Gasteiger partial charge in [0.05, 0.1) is 11.5 Å². The third-order valence-electron chi connectivity index (χ3n) is 2.57. The molecule has 2 N–H and O–H groups in total. The van der Waals surface area contributed by atoms with Crippen LogP contribution < -0.4 is 4.74 Å². The van der Waals surface area contributed by atoms with Crippen LogP contribution in [0.3, 0.4) is 0 Å². The molecular weight excluding hydrogens is 280 g/mol. The van der Waals surface area contributed by atoms with Crippen LogP contribution in [0, 0.1) is 6.92 Å². The predicted octanol–water partition coefficient (Wildman–Crippen LogP) is 0.291. The highest BCUT2D eigenvalue weighted by Crippen LogP contribution is 2.31. The number of aliphatic hydroxyl groups excluding tert-OH is 1. The van der Waals surface area contributed by atoms with Crippen LogP contribution in [0.5, 0.6) is 5.75 Å². The number of rotatable bonds is 3. The lowest BCUT2D eigenvalue weighted by atomic mass is 10.2. The van der Waals surface area contributed by atoms with Gasteiger partial charge in [-0.15, -0.1) is 11.3 Å². The van der Waals surface area contributed by atoms with Crippen molar-refractivity contribution in [1.29, 1.82) is 0 Å². The fourth-order valence-electron chi connectivity index (χ4n) is 1.80. The van der Waals surface area contributed by atoms with Gasteiger partial charge in [-0.25, -0.2) is 13.2 Å². The summed E-state index contributed by atoms with van der Waals surface area (Å²) < 4.78 is 28.0. The normalized spacial score (nSPS) is 26.1. The van der Waals surface area contributed by atoms with Crippen LogP contribution in [0.25, 0.3) is 0 Å². The lowest BCUT2D eigenvalue weighted by molar-refractivity contribution is 0.0644. The fraction of sp³-hybridized carbons (Fsp3) is 0.500. The van der Waals surface area contributed by atoms with E-state index in [0.717, 1.165) is 16.2 Å². The molecule has 2 unspecified atom stereocenters. The molecule has 0 bridgehead atoms. The van der Waals surface area contributed by atoms with Crippen LogP contribution in [-0.4, -0.2) is 48.3 Å². The first-order chi connectivity index (χ1) is 8.28. The van der Waals surface area contributed by atoms with E-state index in [9.17, 15) is 18.3 Å². The molecule has 1 aromatic rings. The summed E-state index contributed by atoms with van der Waals surface area (Å²) in [6.07, 6.45) is -2.01. The number of sulfone groups is 1. The topological polar surface area (TPSA) is 101 Å². The van der Waals surface area contributed by atoms with Crippen LogP contribution in [0.1, 0.15) is 14.5 Å². The minimum Gasteiger partial charge on any atom is -0.485 e. The Labute approximate surface area is 108 Å². The highest BCUT2D eigenvalue weighted by atomic mass is 32.2. The van der Waals surface area contributed by atoms with E-state index in [2.05, 4.69) is 0 Å². The number of carboxylic acid groups (broad SMARTS) is 1. The summed E-state index contributed by atoms with van der Waals surface area (Å²) in [5.74, 6) is -1.64. The van der Waals surface area contributed by atoms with Crippen LogP contribution in [0.2, 0.25) is 0 Å². The number of aryl methyl sites for hydroxylation is 1. The number of carbonyl (C=O) groups is 1. The summed E-state index contributed by atoms with van der Waals surface area (Å²) in [5, 5.41) is 18.5. The molecule has 8 heteroatoms. The average molecular weight is 292 g/mol. The van der Waals surface area contributed by atoms with Crippen molar-refractivity contribution in [1.82, 2.24) is 0 Å². The lowest BCUT2D eigenvalue weighted by Gasteiger charge is -2.14. The molecule has 1 saturated heterocycles. The molecule has 0 aromatic carbocycles. The van der Waals surface area contributed by atoms with Crippen molar-refractivity contribution in [3.63, 3.8) is 0 Å². The van der Waals surface area contributed by atoms with Gasteiger partial charge >= 0.3 is 5.97 Å². The van der Waals surface area contributed by atoms with E-state index in [4.69, 9.17) is 9.84 Å². The van der Waals surface area contributed by atoms with Gasteiger partial charge in [-0.3, -0.25) is 0 Å². The first kappa shape index (κ1) is 13.3. The number of carboxylic acids is 1. The molecule has 2 rings (SSSR count). The number of hydrogen-bond acceptors (Lipinski definition) is 6. The molecule has 0 saturated carbocycles. The second kappa shape index (κ2) is 4.52. The van der Waals surface area contributed by atoms with Gasteiger partial charge in [-0.1, -0.05) is 0 Å². The Morgan fingerprint density at radius 2 is 2.17 bits per heavy atom. The van der Waals surface area contributed by atoms with Gasteiger partial charge in [0.25, 0.3) is 0 Å². The Hall–Kier alpha value is -1.12. The number of ether oxygens (including phenoxy) is 1. The standard InChI is InChI=1S/C10H12O6S2/c1-5-2-7(9(17-5)10(12)13)16-8-4-18(14,15)3-6(8)11/h2,6,8,11H,3-4H2,1H3,(H,12,13). The lowest BCUT2D eigenvalue weighted by Crippen LogP contribution is -2.30. The van der Waals surface area contributed by atoms with Crippen molar-refractivity contribution in [3.05, 3.63) is 15.8 Å². The largest absolute Gasteiger partial charge is 0.485 e. The minimum atomic E-state index is -3.31. The van der Waals surface area contributed by atoms with Gasteiger partial charge in [0, 0.05) is 4.88 Å². The molecule has 2 heterocycles. The molecule has 1 aliphatic rings. The molecule has 0 aliphatic carbocycles. The maximum absolute atomic E-state index is 11.3. The zero-order chi connectivity index (χ0) is 13.5. The monoisotopic (exact) mass is 292 g/mol. The second-order valence-electron chi connectivity index (χ2n) is 4.16. The Bertz CT molecular complexity index is 573. The SMILES string of the molecule is Cc1cc(OC2CS(=O)(=O)CC2O)c(C(=O)O)s1. The Balaban J connectivity index is 2.22. The van der Waals surface area contributed by atoms with Gasteiger partial charge in [-0.05, 0) is 13.0 Å². The van der Waals surface area contributed by atoms with Gasteiger partial charge in [0.1, 0.15) is 18.0 Å². The fourth-order valence-corrected chi connectivity index (χ4v) is 4.24. The summed E-state index contributed by atoms with van der Waals surface area (Å²) >= 11 is 1.05. The highest BCUT2D eigenvalue weighted by molar-refractivity contribution is 7.91. The molecule has 1 aromatic heterocycles. The minimum absolute atomic E-state index is 0.0176. The summed E-state index contributed by atoms with van der Waals surface area (Å²) in [6.45, 7) is 1.73. The zero-order valence-electron chi connectivity index (χ0n) is 9.49. The Kier molecular flexibility index (Phi) is 3.35. The molecule has 0 amide bonds. The number of thiophene rings is 1. The van der Waals surface area contributed by atoms with Gasteiger partial charge < -0.3 is 14.9 Å². The van der Waals surface area contributed by atoms with Crippen molar-refractivity contribution >= 4 is 27.1 Å². The molecular formula is C10H12O6S2. The van der Waals surface area contributed by atoms with Gasteiger partial charge in [-0.2, -0.15) is 0 Å². The quantitative estimate of drug-likeness (QED) is 0.830. The summed E-state index contributed by atoms with van der Waals surface area (Å²) in [6, 6.07) is 1.53. The summed E-state index contributed by atoms with van der Waals surface area (Å²) in [5.41, 5.74) is 0. The van der Waals surface area contributed by atoms with Crippen molar-refractivity contribution in [2.75, 3.05) is 11.5 Å². The van der Waals surface area contributed by atoms with Crippen LogP contribution in [-0.2, 0) is 9.84 Å². The van der Waals surface area contributed by atoms with Gasteiger partial charge in [0.15, 0.2) is 14.7 Å². The van der Waals surface area contributed by atoms with Crippen molar-refractivity contribution in [2.24, 2.45) is 0 Å². The van der Waals surface area contributed by atoms with E-state index in [1.807, 2.05) is 0 Å². The first-order valence-electron chi connectivity index (χ1n) is 5.17. The van der Waals surface area contributed by atoms with E-state index in [1.165, 1.54) is 6.07 Å². The second-order valence-corrected chi connectivity index (χ2v) is 7.57. The average Bonchev–Trinajstić information content (AvgIpc) is 2.68. The maximum atomic E-state index is 11.3. The van der Waals surface area contributed by atoms with Crippen LogP contribution in [0.15, 0.2) is 6.07 Å². The van der Waals surface area contributed by atoms with E-state index < -0.39 is 28.0 Å². The number of aromatic carboxylic acids is 1. The zero-order valence-corrected chi connectivity index (χ0v) is 11.1. The van der Waals surface area contributed by atoms with Crippen molar-refractivity contribution in [3.8, 4) is 5.75 Å². The van der Waals surface area contributed by atoms with Crippen molar-refractivity contribution < 1.29 is 28.2 Å². The van der Waals surface area contributed by atoms with Crippen molar-refractivity contribution in [2.45, 2.75) is 19.1 Å². The van der Waals surface area contributed by atoms with Crippen LogP contribution >= 0.6 is 11.3 Å². The van der Waals surface area contributed by atoms with Gasteiger partial charge in [0.2, 0.25) is 0 Å². The Morgan fingerprint density at radius 3 is 2.67 bits per heavy atom. The Morgan fingerprint density at radius 1 is 1.50 bits per heavy atom. The summed E-state index contributed by atoms with van der Waals surface area (Å²) in [7, 11) is -3.31. The molecule has 2 atom stereocenters. The van der Waals surface area contributed by atoms with E-state index in [-0.39, 0.29) is 22.1 Å². The van der Waals surface area contributed by atoms with E-state index in [0.29, 0.717) is 0 Å². The smallest absolute Gasteiger partial charge is 0.349 e. The molecule has 18 heavy (non-hydrogen) atoms. The molecule has 1 aliphatic heterocycles. The van der Waals surface area contributed by atoms with E-state index in [1.54, 1.807) is 6.92 Å². The molecule has 0 spiro atoms. The molecule has 1 fully saturated rings. The highest BCUT2D eigenvalue weighted by Gasteiger charge is 2.38. The number of aliphatic hydroxyl groups is 1. The third-order valence-corrected chi connectivity index (χ3v) is 5.27. The van der Waals surface area contributed by atoms with Crippen LogP contribution in [0.4, 0.5) is 0 Å².